The first-order chi connectivity index (χ1) is 16.4. The van der Waals surface area contributed by atoms with Gasteiger partial charge in [0.2, 0.25) is 0 Å². The molecule has 0 atom stereocenters. The standard InChI is InChI=1S/C28H25FN2O3/c1-18(2)17-34-23-13-7-20(8-14-23)25-26(30-16-15-19-5-3-4-6-24(19)30)28(33)31(27(25)32)22-11-9-21(29)10-12-22/h3-14,18H,15-17H2,1-2H3. The van der Waals surface area contributed by atoms with Gasteiger partial charge < -0.3 is 9.64 Å². The lowest BCUT2D eigenvalue weighted by Crippen LogP contribution is -2.34. The van der Waals surface area contributed by atoms with Gasteiger partial charge in [-0.25, -0.2) is 9.29 Å². The van der Waals surface area contributed by atoms with E-state index in [4.69, 9.17) is 4.74 Å². The van der Waals surface area contributed by atoms with Gasteiger partial charge in [0.25, 0.3) is 11.8 Å². The number of para-hydroxylation sites is 1. The summed E-state index contributed by atoms with van der Waals surface area (Å²) in [6.45, 7) is 5.34. The minimum atomic E-state index is -0.429. The number of hydrogen-bond acceptors (Lipinski definition) is 4. The van der Waals surface area contributed by atoms with E-state index in [1.165, 1.54) is 24.3 Å². The molecule has 2 aliphatic heterocycles. The van der Waals surface area contributed by atoms with Crippen molar-refractivity contribution in [1.82, 2.24) is 0 Å². The molecule has 34 heavy (non-hydrogen) atoms. The molecule has 2 amide bonds. The normalized spacial score (nSPS) is 15.5. The molecular weight excluding hydrogens is 431 g/mol. The maximum absolute atomic E-state index is 13.7. The molecule has 0 saturated heterocycles. The number of halogens is 1. The summed E-state index contributed by atoms with van der Waals surface area (Å²) >= 11 is 0. The summed E-state index contributed by atoms with van der Waals surface area (Å²) < 4.78 is 19.3. The molecule has 3 aromatic rings. The number of imide groups is 1. The summed E-state index contributed by atoms with van der Waals surface area (Å²) in [6, 6.07) is 20.6. The van der Waals surface area contributed by atoms with Crippen molar-refractivity contribution >= 4 is 28.8 Å². The molecule has 0 spiro atoms. The van der Waals surface area contributed by atoms with Gasteiger partial charge in [0.15, 0.2) is 0 Å². The first-order valence-electron chi connectivity index (χ1n) is 11.4. The van der Waals surface area contributed by atoms with Crippen LogP contribution in [0.3, 0.4) is 0 Å². The van der Waals surface area contributed by atoms with E-state index in [0.29, 0.717) is 47.3 Å². The quantitative estimate of drug-likeness (QED) is 0.478. The van der Waals surface area contributed by atoms with E-state index < -0.39 is 17.6 Å². The summed E-state index contributed by atoms with van der Waals surface area (Å²) in [5, 5.41) is 0. The first kappa shape index (κ1) is 21.9. The zero-order valence-electron chi connectivity index (χ0n) is 19.1. The fourth-order valence-corrected chi connectivity index (χ4v) is 4.40. The molecule has 5 rings (SSSR count). The van der Waals surface area contributed by atoms with E-state index in [-0.39, 0.29) is 0 Å². The fourth-order valence-electron chi connectivity index (χ4n) is 4.40. The zero-order chi connectivity index (χ0) is 23.8. The molecule has 0 saturated carbocycles. The lowest BCUT2D eigenvalue weighted by Gasteiger charge is -2.21. The minimum Gasteiger partial charge on any atom is -0.493 e. The van der Waals surface area contributed by atoms with E-state index in [1.54, 1.807) is 0 Å². The summed E-state index contributed by atoms with van der Waals surface area (Å²) in [6.07, 6.45) is 0.785. The molecule has 6 heteroatoms. The maximum atomic E-state index is 13.7. The van der Waals surface area contributed by atoms with Crippen molar-refractivity contribution in [3.63, 3.8) is 0 Å². The zero-order valence-corrected chi connectivity index (χ0v) is 19.1. The van der Waals surface area contributed by atoms with Crippen LogP contribution in [0, 0.1) is 11.7 Å². The Morgan fingerprint density at radius 2 is 1.62 bits per heavy atom. The van der Waals surface area contributed by atoms with Crippen LogP contribution in [0.1, 0.15) is 25.0 Å². The third-order valence-corrected chi connectivity index (χ3v) is 6.03. The lowest BCUT2D eigenvalue weighted by atomic mass is 10.0. The van der Waals surface area contributed by atoms with Crippen LogP contribution in [0.4, 0.5) is 15.8 Å². The predicted octanol–water partition coefficient (Wildman–Crippen LogP) is 5.21. The van der Waals surface area contributed by atoms with Gasteiger partial charge >= 0.3 is 0 Å². The number of carbonyl (C=O) groups is 2. The summed E-state index contributed by atoms with van der Waals surface area (Å²) in [7, 11) is 0. The van der Waals surface area contributed by atoms with E-state index >= 15 is 0 Å². The second-order valence-electron chi connectivity index (χ2n) is 8.91. The van der Waals surface area contributed by atoms with Crippen LogP contribution in [0.25, 0.3) is 5.57 Å². The van der Waals surface area contributed by atoms with Crippen molar-refractivity contribution in [1.29, 1.82) is 0 Å². The molecule has 2 heterocycles. The van der Waals surface area contributed by atoms with Gasteiger partial charge in [-0.05, 0) is 65.9 Å². The first-order valence-corrected chi connectivity index (χ1v) is 11.4. The maximum Gasteiger partial charge on any atom is 0.282 e. The Kier molecular flexibility index (Phi) is 5.65. The van der Waals surface area contributed by atoms with Gasteiger partial charge in [0.1, 0.15) is 17.3 Å². The highest BCUT2D eigenvalue weighted by Gasteiger charge is 2.44. The molecule has 3 aromatic carbocycles. The third-order valence-electron chi connectivity index (χ3n) is 6.03. The summed E-state index contributed by atoms with van der Waals surface area (Å²) in [4.78, 5) is 30.5. The van der Waals surface area contributed by atoms with E-state index in [9.17, 15) is 14.0 Å². The number of amides is 2. The smallest absolute Gasteiger partial charge is 0.282 e. The Morgan fingerprint density at radius 1 is 0.912 bits per heavy atom. The second-order valence-corrected chi connectivity index (χ2v) is 8.91. The number of carbonyl (C=O) groups excluding carboxylic acids is 2. The Bertz CT molecular complexity index is 1280. The Balaban J connectivity index is 1.59. The topological polar surface area (TPSA) is 49.9 Å². The van der Waals surface area contributed by atoms with Crippen molar-refractivity contribution < 1.29 is 18.7 Å². The largest absolute Gasteiger partial charge is 0.493 e. The molecule has 172 valence electrons. The van der Waals surface area contributed by atoms with Gasteiger partial charge in [-0.3, -0.25) is 9.59 Å². The predicted molar refractivity (Wildman–Crippen MR) is 130 cm³/mol. The SMILES string of the molecule is CC(C)COc1ccc(C2=C(N3CCc4ccccc43)C(=O)N(c3ccc(F)cc3)C2=O)cc1. The Morgan fingerprint density at radius 3 is 2.32 bits per heavy atom. The van der Waals surface area contributed by atoms with Gasteiger partial charge in [-0.1, -0.05) is 44.2 Å². The average molecular weight is 457 g/mol. The van der Waals surface area contributed by atoms with Crippen LogP contribution in [0.5, 0.6) is 5.75 Å². The van der Waals surface area contributed by atoms with Crippen LogP contribution in [-0.2, 0) is 16.0 Å². The molecule has 0 radical (unpaired) electrons. The van der Waals surface area contributed by atoms with Gasteiger partial charge in [-0.15, -0.1) is 0 Å². The summed E-state index contributed by atoms with van der Waals surface area (Å²) in [5.74, 6) is -0.169. The van der Waals surface area contributed by atoms with Gasteiger partial charge in [0.05, 0.1) is 17.9 Å². The minimum absolute atomic E-state index is 0.335. The van der Waals surface area contributed by atoms with Crippen LogP contribution >= 0.6 is 0 Å². The van der Waals surface area contributed by atoms with Crippen molar-refractivity contribution in [2.75, 3.05) is 23.0 Å². The van der Waals surface area contributed by atoms with E-state index in [0.717, 1.165) is 22.6 Å². The monoisotopic (exact) mass is 456 g/mol. The number of fused-ring (bicyclic) bond motifs is 1. The van der Waals surface area contributed by atoms with Crippen molar-refractivity contribution in [3.8, 4) is 5.75 Å². The number of rotatable bonds is 6. The Hall–Kier alpha value is -3.93. The molecule has 0 N–H and O–H groups in total. The molecule has 0 unspecified atom stereocenters. The lowest BCUT2D eigenvalue weighted by molar-refractivity contribution is -0.120. The van der Waals surface area contributed by atoms with Crippen LogP contribution in [0.2, 0.25) is 0 Å². The van der Waals surface area contributed by atoms with Gasteiger partial charge in [-0.2, -0.15) is 0 Å². The van der Waals surface area contributed by atoms with Crippen LogP contribution in [0.15, 0.2) is 78.5 Å². The molecule has 2 aliphatic rings. The van der Waals surface area contributed by atoms with E-state index in [1.807, 2.05) is 53.4 Å². The molecule has 0 aliphatic carbocycles. The highest BCUT2D eigenvalue weighted by atomic mass is 19.1. The van der Waals surface area contributed by atoms with Crippen molar-refractivity contribution in [3.05, 3.63) is 95.4 Å². The van der Waals surface area contributed by atoms with E-state index in [2.05, 4.69) is 13.8 Å². The van der Waals surface area contributed by atoms with Crippen molar-refractivity contribution in [2.24, 2.45) is 5.92 Å². The number of benzene rings is 3. The molecule has 0 aromatic heterocycles. The van der Waals surface area contributed by atoms with Crippen molar-refractivity contribution in [2.45, 2.75) is 20.3 Å². The number of hydrogen-bond donors (Lipinski definition) is 0. The highest BCUT2D eigenvalue weighted by Crippen LogP contribution is 2.40. The molecule has 0 fully saturated rings. The number of nitrogens with zero attached hydrogens (tertiary/aromatic N) is 2. The number of anilines is 2. The Labute approximate surface area is 198 Å². The third kappa shape index (κ3) is 3.85. The molecule has 0 bridgehead atoms. The molecular formula is C28H25FN2O3. The highest BCUT2D eigenvalue weighted by molar-refractivity contribution is 6.46. The van der Waals surface area contributed by atoms with Crippen LogP contribution < -0.4 is 14.5 Å². The average Bonchev–Trinajstić information content (AvgIpc) is 3.37. The second kappa shape index (κ2) is 8.78. The summed E-state index contributed by atoms with van der Waals surface area (Å²) in [5.41, 5.74) is 3.71. The van der Waals surface area contributed by atoms with Crippen LogP contribution in [-0.4, -0.2) is 25.0 Å². The van der Waals surface area contributed by atoms with Gasteiger partial charge in [0, 0.05) is 12.2 Å². The fraction of sp³-hybridized carbons (Fsp3) is 0.214. The number of ether oxygens (including phenoxy) is 1. The molecule has 5 nitrogen and oxygen atoms in total.